The van der Waals surface area contributed by atoms with E-state index in [0.717, 1.165) is 12.0 Å². The van der Waals surface area contributed by atoms with Gasteiger partial charge in [-0.2, -0.15) is 0 Å². The normalized spacial score (nSPS) is 12.0. The van der Waals surface area contributed by atoms with E-state index >= 15 is 0 Å². The topological polar surface area (TPSA) is 55.6 Å². The van der Waals surface area contributed by atoms with Crippen molar-refractivity contribution in [2.45, 2.75) is 32.9 Å². The van der Waals surface area contributed by atoms with Gasteiger partial charge in [0.05, 0.1) is 0 Å². The highest BCUT2D eigenvalue weighted by molar-refractivity contribution is 5.94. The van der Waals surface area contributed by atoms with Gasteiger partial charge in [0.1, 0.15) is 12.4 Å². The zero-order valence-electron chi connectivity index (χ0n) is 15.3. The van der Waals surface area contributed by atoms with Crippen LogP contribution in [0.3, 0.4) is 0 Å². The molecule has 2 aromatic carbocycles. The molecule has 2 N–H and O–H groups in total. The summed E-state index contributed by atoms with van der Waals surface area (Å²) < 4.78 is 5.80. The van der Waals surface area contributed by atoms with Gasteiger partial charge < -0.3 is 15.4 Å². The fourth-order valence-corrected chi connectivity index (χ4v) is 2.46. The van der Waals surface area contributed by atoms with Gasteiger partial charge in [0.2, 0.25) is 0 Å². The van der Waals surface area contributed by atoms with Crippen LogP contribution in [0, 0.1) is 5.92 Å². The highest BCUT2D eigenvalue weighted by Gasteiger charge is 2.15. The quantitative estimate of drug-likeness (QED) is 0.797. The minimum atomic E-state index is -0.0129. The molecule has 0 aromatic heterocycles. The van der Waals surface area contributed by atoms with Gasteiger partial charge in [0, 0.05) is 25.2 Å². The van der Waals surface area contributed by atoms with E-state index in [1.54, 1.807) is 11.0 Å². The van der Waals surface area contributed by atoms with Gasteiger partial charge in [0.25, 0.3) is 5.91 Å². The lowest BCUT2D eigenvalue weighted by molar-refractivity contribution is 0.0788. The minimum absolute atomic E-state index is 0.0129. The largest absolute Gasteiger partial charge is 0.489 e. The Bertz CT molecular complexity index is 671. The Morgan fingerprint density at radius 1 is 1.12 bits per heavy atom. The molecule has 2 aromatic rings. The molecule has 0 radical (unpaired) electrons. The zero-order valence-corrected chi connectivity index (χ0v) is 15.3. The molecular formula is C21H28N2O2. The summed E-state index contributed by atoms with van der Waals surface area (Å²) in [7, 11) is 1.81. The van der Waals surface area contributed by atoms with Gasteiger partial charge in [0.15, 0.2) is 0 Å². The van der Waals surface area contributed by atoms with Gasteiger partial charge in [-0.05, 0) is 36.1 Å². The van der Waals surface area contributed by atoms with Crippen LogP contribution in [0.4, 0.5) is 0 Å². The molecule has 0 aliphatic rings. The van der Waals surface area contributed by atoms with Crippen molar-refractivity contribution in [1.29, 1.82) is 0 Å². The summed E-state index contributed by atoms with van der Waals surface area (Å²) in [6.07, 6.45) is 0.796. The van der Waals surface area contributed by atoms with Crippen molar-refractivity contribution in [2.24, 2.45) is 11.7 Å². The van der Waals surface area contributed by atoms with Crippen LogP contribution in [0.5, 0.6) is 5.75 Å². The highest BCUT2D eigenvalue weighted by Crippen LogP contribution is 2.17. The predicted molar refractivity (Wildman–Crippen MR) is 102 cm³/mol. The van der Waals surface area contributed by atoms with Crippen molar-refractivity contribution >= 4 is 5.91 Å². The minimum Gasteiger partial charge on any atom is -0.489 e. The summed E-state index contributed by atoms with van der Waals surface area (Å²) in [6.45, 7) is 5.32. The summed E-state index contributed by atoms with van der Waals surface area (Å²) in [5.41, 5.74) is 7.79. The Kier molecular flexibility index (Phi) is 7.02. The monoisotopic (exact) mass is 340 g/mol. The Balaban J connectivity index is 1.94. The molecule has 0 saturated carbocycles. The number of carbonyl (C=O) groups excluding carboxylic acids is 1. The summed E-state index contributed by atoms with van der Waals surface area (Å²) >= 11 is 0. The molecule has 0 bridgehead atoms. The number of hydrogen-bond donors (Lipinski definition) is 1. The van der Waals surface area contributed by atoms with Crippen molar-refractivity contribution < 1.29 is 9.53 Å². The highest BCUT2D eigenvalue weighted by atomic mass is 16.5. The second-order valence-corrected chi connectivity index (χ2v) is 6.73. The van der Waals surface area contributed by atoms with Crippen LogP contribution in [0.15, 0.2) is 54.6 Å². The molecule has 134 valence electrons. The smallest absolute Gasteiger partial charge is 0.253 e. The molecule has 1 amide bonds. The van der Waals surface area contributed by atoms with Crippen molar-refractivity contribution in [3.8, 4) is 5.75 Å². The fraction of sp³-hybridized carbons (Fsp3) is 0.381. The molecule has 25 heavy (non-hydrogen) atoms. The maximum Gasteiger partial charge on any atom is 0.253 e. The Labute approximate surface area is 150 Å². The van der Waals surface area contributed by atoms with Crippen LogP contribution >= 0.6 is 0 Å². The van der Waals surface area contributed by atoms with E-state index in [9.17, 15) is 4.79 Å². The maximum absolute atomic E-state index is 12.6. The van der Waals surface area contributed by atoms with E-state index in [1.165, 1.54) is 0 Å². The molecule has 0 saturated heterocycles. The number of ether oxygens (including phenoxy) is 1. The van der Waals surface area contributed by atoms with Gasteiger partial charge in [-0.25, -0.2) is 0 Å². The molecule has 1 unspecified atom stereocenters. The molecule has 0 spiro atoms. The first-order valence-electron chi connectivity index (χ1n) is 8.75. The zero-order chi connectivity index (χ0) is 18.2. The average Bonchev–Trinajstić information content (AvgIpc) is 2.64. The van der Waals surface area contributed by atoms with E-state index in [0.29, 0.717) is 30.4 Å². The Hall–Kier alpha value is -2.33. The van der Waals surface area contributed by atoms with Crippen LogP contribution in [0.2, 0.25) is 0 Å². The van der Waals surface area contributed by atoms with Crippen molar-refractivity contribution in [3.63, 3.8) is 0 Å². The third-order valence-corrected chi connectivity index (χ3v) is 4.33. The second kappa shape index (κ2) is 9.23. The molecule has 0 heterocycles. The lowest BCUT2D eigenvalue weighted by atomic mass is 10.0. The summed E-state index contributed by atoms with van der Waals surface area (Å²) in [5.74, 6) is 1.10. The van der Waals surface area contributed by atoms with Crippen LogP contribution in [-0.4, -0.2) is 30.4 Å². The number of carbonyl (C=O) groups is 1. The maximum atomic E-state index is 12.6. The van der Waals surface area contributed by atoms with E-state index < -0.39 is 0 Å². The molecule has 1 atom stereocenters. The van der Waals surface area contributed by atoms with Crippen LogP contribution < -0.4 is 10.5 Å². The van der Waals surface area contributed by atoms with Crippen LogP contribution in [0.25, 0.3) is 0 Å². The second-order valence-electron chi connectivity index (χ2n) is 6.73. The fourth-order valence-electron chi connectivity index (χ4n) is 2.46. The number of rotatable bonds is 8. The van der Waals surface area contributed by atoms with Crippen LogP contribution in [0.1, 0.15) is 36.2 Å². The van der Waals surface area contributed by atoms with Crippen LogP contribution in [-0.2, 0) is 6.61 Å². The first kappa shape index (κ1) is 19.0. The first-order chi connectivity index (χ1) is 12.0. The molecule has 4 nitrogen and oxygen atoms in total. The number of nitrogens with two attached hydrogens (primary N) is 1. The molecule has 0 aliphatic heterocycles. The summed E-state index contributed by atoms with van der Waals surface area (Å²) in [6, 6.07) is 17.4. The molecule has 2 rings (SSSR count). The number of amides is 1. The van der Waals surface area contributed by atoms with Crippen molar-refractivity contribution in [1.82, 2.24) is 4.90 Å². The molecule has 0 aliphatic carbocycles. The summed E-state index contributed by atoms with van der Waals surface area (Å²) in [4.78, 5) is 14.3. The van der Waals surface area contributed by atoms with E-state index in [1.807, 2.05) is 55.6 Å². The van der Waals surface area contributed by atoms with E-state index in [4.69, 9.17) is 10.5 Å². The third-order valence-electron chi connectivity index (χ3n) is 4.33. The SMILES string of the molecule is CC(C)C(N)CCN(C)C(=O)c1cccc(OCc2ccccc2)c1. The standard InChI is InChI=1S/C21H28N2O2/c1-16(2)20(22)12-13-23(3)21(24)18-10-7-11-19(14-18)25-15-17-8-5-4-6-9-17/h4-11,14,16,20H,12-13,15,22H2,1-3H3. The Morgan fingerprint density at radius 2 is 1.84 bits per heavy atom. The Morgan fingerprint density at radius 3 is 2.52 bits per heavy atom. The summed E-state index contributed by atoms with van der Waals surface area (Å²) in [5, 5.41) is 0. The number of nitrogens with zero attached hydrogens (tertiary/aromatic N) is 1. The van der Waals surface area contributed by atoms with Crippen molar-refractivity contribution in [3.05, 3.63) is 65.7 Å². The lowest BCUT2D eigenvalue weighted by Crippen LogP contribution is -2.34. The average molecular weight is 340 g/mol. The molecule has 0 fully saturated rings. The van der Waals surface area contributed by atoms with Crippen molar-refractivity contribution in [2.75, 3.05) is 13.6 Å². The molecular weight excluding hydrogens is 312 g/mol. The van der Waals surface area contributed by atoms with Gasteiger partial charge in [-0.3, -0.25) is 4.79 Å². The van der Waals surface area contributed by atoms with Gasteiger partial charge in [-0.15, -0.1) is 0 Å². The number of hydrogen-bond acceptors (Lipinski definition) is 3. The molecule has 4 heteroatoms. The van der Waals surface area contributed by atoms with E-state index in [-0.39, 0.29) is 11.9 Å². The predicted octanol–water partition coefficient (Wildman–Crippen LogP) is 3.71. The van der Waals surface area contributed by atoms with Gasteiger partial charge >= 0.3 is 0 Å². The third kappa shape index (κ3) is 5.91. The first-order valence-corrected chi connectivity index (χ1v) is 8.75. The van der Waals surface area contributed by atoms with Gasteiger partial charge in [-0.1, -0.05) is 50.2 Å². The lowest BCUT2D eigenvalue weighted by Gasteiger charge is -2.21. The van der Waals surface area contributed by atoms with E-state index in [2.05, 4.69) is 13.8 Å². The number of benzene rings is 2.